The van der Waals surface area contributed by atoms with Gasteiger partial charge >= 0.3 is 0 Å². The second-order valence-corrected chi connectivity index (χ2v) is 4.35. The highest BCUT2D eigenvalue weighted by Gasteiger charge is 2.07. The summed E-state index contributed by atoms with van der Waals surface area (Å²) in [5, 5.41) is 0. The van der Waals surface area contributed by atoms with Crippen LogP contribution in [0.3, 0.4) is 0 Å². The van der Waals surface area contributed by atoms with E-state index in [1.165, 1.54) is 6.07 Å². The number of rotatable bonds is 5. The van der Waals surface area contributed by atoms with E-state index in [2.05, 4.69) is 11.9 Å². The normalized spacial score (nSPS) is 10.8. The summed E-state index contributed by atoms with van der Waals surface area (Å²) in [6, 6.07) is 5.17. The van der Waals surface area contributed by atoms with Gasteiger partial charge in [0.2, 0.25) is 0 Å². The molecule has 0 spiro atoms. The molecule has 0 saturated carbocycles. The molecule has 0 aliphatic rings. The predicted octanol–water partition coefficient (Wildman–Crippen LogP) is 2.48. The van der Waals surface area contributed by atoms with Gasteiger partial charge in [-0.05, 0) is 18.1 Å². The number of imidazole rings is 1. The van der Waals surface area contributed by atoms with Crippen LogP contribution >= 0.6 is 0 Å². The summed E-state index contributed by atoms with van der Waals surface area (Å²) in [4.78, 5) is 4.29. The molecule has 0 radical (unpaired) electrons. The fourth-order valence-corrected chi connectivity index (χ4v) is 1.97. The van der Waals surface area contributed by atoms with Crippen LogP contribution in [0.5, 0.6) is 0 Å². The van der Waals surface area contributed by atoms with Gasteiger partial charge in [0.25, 0.3) is 0 Å². The first kappa shape index (κ1) is 12.8. The number of halogens is 1. The van der Waals surface area contributed by atoms with Gasteiger partial charge in [-0.2, -0.15) is 0 Å². The lowest BCUT2D eigenvalue weighted by molar-refractivity contribution is 0.591. The standard InChI is InChI=1S/C14H18FN3/c1-2-3-14-17-6-7-18(14)10-12-5-4-11(9-16)8-13(12)15/h4-8H,2-3,9-10,16H2,1H3. The molecule has 2 aromatic rings. The smallest absolute Gasteiger partial charge is 0.128 e. The molecule has 0 atom stereocenters. The van der Waals surface area contributed by atoms with Crippen molar-refractivity contribution in [2.45, 2.75) is 32.9 Å². The summed E-state index contributed by atoms with van der Waals surface area (Å²) in [7, 11) is 0. The zero-order valence-corrected chi connectivity index (χ0v) is 10.6. The Labute approximate surface area is 106 Å². The van der Waals surface area contributed by atoms with Gasteiger partial charge < -0.3 is 10.3 Å². The fraction of sp³-hybridized carbons (Fsp3) is 0.357. The molecule has 3 nitrogen and oxygen atoms in total. The molecule has 1 aromatic carbocycles. The molecule has 2 N–H and O–H groups in total. The molecule has 0 amide bonds. The molecule has 4 heteroatoms. The first-order chi connectivity index (χ1) is 8.74. The van der Waals surface area contributed by atoms with Crippen molar-refractivity contribution in [2.24, 2.45) is 5.73 Å². The monoisotopic (exact) mass is 247 g/mol. The van der Waals surface area contributed by atoms with Crippen LogP contribution in [0.1, 0.15) is 30.3 Å². The quantitative estimate of drug-likeness (QED) is 0.882. The molecule has 2 rings (SSSR count). The van der Waals surface area contributed by atoms with Crippen LogP contribution in [0.4, 0.5) is 4.39 Å². The molecule has 0 aliphatic heterocycles. The van der Waals surface area contributed by atoms with E-state index in [4.69, 9.17) is 5.73 Å². The number of hydrogen-bond donors (Lipinski definition) is 1. The van der Waals surface area contributed by atoms with E-state index in [9.17, 15) is 4.39 Å². The molecular formula is C14H18FN3. The van der Waals surface area contributed by atoms with Gasteiger partial charge in [-0.25, -0.2) is 9.37 Å². The number of nitrogens with zero attached hydrogens (tertiary/aromatic N) is 2. The minimum Gasteiger partial charge on any atom is -0.330 e. The van der Waals surface area contributed by atoms with Gasteiger partial charge in [0, 0.05) is 30.9 Å². The van der Waals surface area contributed by atoms with Crippen LogP contribution in [0.2, 0.25) is 0 Å². The van der Waals surface area contributed by atoms with Gasteiger partial charge in [0.15, 0.2) is 0 Å². The predicted molar refractivity (Wildman–Crippen MR) is 69.6 cm³/mol. The maximum atomic E-state index is 13.9. The van der Waals surface area contributed by atoms with Gasteiger partial charge in [-0.15, -0.1) is 0 Å². The van der Waals surface area contributed by atoms with Crippen molar-refractivity contribution in [2.75, 3.05) is 0 Å². The third-order valence-corrected chi connectivity index (χ3v) is 2.97. The molecule has 96 valence electrons. The van der Waals surface area contributed by atoms with Gasteiger partial charge in [0.05, 0.1) is 6.54 Å². The minimum atomic E-state index is -0.200. The summed E-state index contributed by atoms with van der Waals surface area (Å²) >= 11 is 0. The number of hydrogen-bond acceptors (Lipinski definition) is 2. The molecule has 0 unspecified atom stereocenters. The second kappa shape index (κ2) is 5.78. The lowest BCUT2D eigenvalue weighted by Gasteiger charge is -2.09. The van der Waals surface area contributed by atoms with E-state index in [0.717, 1.165) is 24.2 Å². The summed E-state index contributed by atoms with van der Waals surface area (Å²) in [6.45, 7) is 2.99. The molecule has 0 fully saturated rings. The lowest BCUT2D eigenvalue weighted by atomic mass is 10.1. The SMILES string of the molecule is CCCc1nccn1Cc1ccc(CN)cc1F. The molecular weight excluding hydrogens is 229 g/mol. The Morgan fingerprint density at radius 3 is 2.89 bits per heavy atom. The zero-order chi connectivity index (χ0) is 13.0. The highest BCUT2D eigenvalue weighted by Crippen LogP contribution is 2.13. The fourth-order valence-electron chi connectivity index (χ4n) is 1.97. The summed E-state index contributed by atoms with van der Waals surface area (Å²) in [5.74, 6) is 0.800. The van der Waals surface area contributed by atoms with Crippen molar-refractivity contribution in [3.63, 3.8) is 0 Å². The second-order valence-electron chi connectivity index (χ2n) is 4.35. The Morgan fingerprint density at radius 2 is 2.22 bits per heavy atom. The van der Waals surface area contributed by atoms with Crippen molar-refractivity contribution in [3.8, 4) is 0 Å². The van der Waals surface area contributed by atoms with Gasteiger partial charge in [-0.3, -0.25) is 0 Å². The van der Waals surface area contributed by atoms with E-state index in [1.807, 2.05) is 16.8 Å². The zero-order valence-electron chi connectivity index (χ0n) is 10.6. The van der Waals surface area contributed by atoms with Crippen LogP contribution < -0.4 is 5.73 Å². The Bertz CT molecular complexity index is 520. The molecule has 0 bridgehead atoms. The van der Waals surface area contributed by atoms with Crippen molar-refractivity contribution < 1.29 is 4.39 Å². The Kier molecular flexibility index (Phi) is 4.10. The van der Waals surface area contributed by atoms with Crippen molar-refractivity contribution in [1.82, 2.24) is 9.55 Å². The highest BCUT2D eigenvalue weighted by molar-refractivity contribution is 5.24. The maximum absolute atomic E-state index is 13.9. The largest absolute Gasteiger partial charge is 0.330 e. The highest BCUT2D eigenvalue weighted by atomic mass is 19.1. The van der Waals surface area contributed by atoms with E-state index in [-0.39, 0.29) is 5.82 Å². The summed E-state index contributed by atoms with van der Waals surface area (Å²) < 4.78 is 15.8. The summed E-state index contributed by atoms with van der Waals surface area (Å²) in [6.07, 6.45) is 5.60. The van der Waals surface area contributed by atoms with Gasteiger partial charge in [-0.1, -0.05) is 19.1 Å². The topological polar surface area (TPSA) is 43.8 Å². The summed E-state index contributed by atoms with van der Waals surface area (Å²) in [5.41, 5.74) is 6.97. The van der Waals surface area contributed by atoms with Crippen molar-refractivity contribution >= 4 is 0 Å². The van der Waals surface area contributed by atoms with Crippen LogP contribution in [0, 0.1) is 5.82 Å². The molecule has 0 saturated heterocycles. The number of nitrogens with two attached hydrogens (primary N) is 1. The average Bonchev–Trinajstić information content (AvgIpc) is 2.80. The van der Waals surface area contributed by atoms with Crippen molar-refractivity contribution in [1.29, 1.82) is 0 Å². The lowest BCUT2D eigenvalue weighted by Crippen LogP contribution is -2.06. The van der Waals surface area contributed by atoms with Crippen molar-refractivity contribution in [3.05, 3.63) is 53.4 Å². The van der Waals surface area contributed by atoms with E-state index in [1.54, 1.807) is 12.3 Å². The van der Waals surface area contributed by atoms with Crippen LogP contribution in [0.25, 0.3) is 0 Å². The maximum Gasteiger partial charge on any atom is 0.128 e. The Balaban J connectivity index is 2.20. The number of aromatic nitrogens is 2. The van der Waals surface area contributed by atoms with Gasteiger partial charge in [0.1, 0.15) is 11.6 Å². The Morgan fingerprint density at radius 1 is 1.39 bits per heavy atom. The molecule has 18 heavy (non-hydrogen) atoms. The number of benzene rings is 1. The van der Waals surface area contributed by atoms with Crippen LogP contribution in [0.15, 0.2) is 30.6 Å². The molecule has 0 aliphatic carbocycles. The van der Waals surface area contributed by atoms with Crippen LogP contribution in [-0.4, -0.2) is 9.55 Å². The third kappa shape index (κ3) is 2.76. The van der Waals surface area contributed by atoms with E-state index in [0.29, 0.717) is 18.7 Å². The van der Waals surface area contributed by atoms with E-state index < -0.39 is 0 Å². The molecule has 1 aromatic heterocycles. The average molecular weight is 247 g/mol. The number of aryl methyl sites for hydroxylation is 1. The first-order valence-corrected chi connectivity index (χ1v) is 6.22. The minimum absolute atomic E-state index is 0.200. The Hall–Kier alpha value is -1.68. The first-order valence-electron chi connectivity index (χ1n) is 6.22. The third-order valence-electron chi connectivity index (χ3n) is 2.97. The molecule has 1 heterocycles. The van der Waals surface area contributed by atoms with E-state index >= 15 is 0 Å². The van der Waals surface area contributed by atoms with Crippen LogP contribution in [-0.2, 0) is 19.5 Å².